The van der Waals surface area contributed by atoms with E-state index < -0.39 is 5.97 Å². The van der Waals surface area contributed by atoms with Crippen LogP contribution in [0.4, 0.5) is 0 Å². The van der Waals surface area contributed by atoms with Gasteiger partial charge < -0.3 is 10.0 Å². The lowest BCUT2D eigenvalue weighted by atomic mass is 9.91. The summed E-state index contributed by atoms with van der Waals surface area (Å²) >= 11 is 1.38. The Bertz CT molecular complexity index is 488. The molecule has 0 aliphatic heterocycles. The summed E-state index contributed by atoms with van der Waals surface area (Å²) in [5.41, 5.74) is 0.638. The van der Waals surface area contributed by atoms with Gasteiger partial charge in [-0.3, -0.25) is 4.79 Å². The maximum absolute atomic E-state index is 12.1. The summed E-state index contributed by atoms with van der Waals surface area (Å²) in [5.74, 6) is -0.964. The molecule has 1 heterocycles. The lowest BCUT2D eigenvalue weighted by molar-refractivity contribution is -0.131. The molecule has 0 aromatic carbocycles. The van der Waals surface area contributed by atoms with Crippen molar-refractivity contribution in [2.45, 2.75) is 25.3 Å². The molecule has 2 rings (SSSR count). The van der Waals surface area contributed by atoms with Crippen LogP contribution in [0.3, 0.4) is 0 Å². The molecule has 0 saturated heterocycles. The minimum absolute atomic E-state index is 0.0194. The fraction of sp³-hybridized carbons (Fsp3) is 0.385. The van der Waals surface area contributed by atoms with Gasteiger partial charge in [0.05, 0.1) is 5.56 Å². The number of carboxylic acids is 1. The van der Waals surface area contributed by atoms with Gasteiger partial charge in [0.2, 0.25) is 0 Å². The summed E-state index contributed by atoms with van der Waals surface area (Å²) in [7, 11) is 1.83. The van der Waals surface area contributed by atoms with E-state index in [4.69, 9.17) is 5.11 Å². The second-order valence-corrected chi connectivity index (χ2v) is 5.35. The molecule has 4 nitrogen and oxygen atoms in total. The summed E-state index contributed by atoms with van der Waals surface area (Å²) in [6.45, 7) is 0. The van der Waals surface area contributed by atoms with Crippen LogP contribution in [-0.4, -0.2) is 35.0 Å². The van der Waals surface area contributed by atoms with Crippen molar-refractivity contribution < 1.29 is 14.7 Å². The number of hydrogen-bond acceptors (Lipinski definition) is 3. The van der Waals surface area contributed by atoms with Gasteiger partial charge in [0.25, 0.3) is 5.91 Å². The normalized spacial score (nSPS) is 15.6. The molecule has 0 radical (unpaired) electrons. The number of amides is 1. The van der Waals surface area contributed by atoms with E-state index in [2.05, 4.69) is 0 Å². The second-order valence-electron chi connectivity index (χ2n) is 4.41. The maximum atomic E-state index is 12.1. The molecule has 1 aliphatic rings. The molecule has 1 saturated carbocycles. The zero-order valence-corrected chi connectivity index (χ0v) is 10.9. The first-order chi connectivity index (χ1) is 8.58. The third-order valence-electron chi connectivity index (χ3n) is 3.20. The first-order valence-electron chi connectivity index (χ1n) is 5.84. The van der Waals surface area contributed by atoms with Gasteiger partial charge in [-0.1, -0.05) is 0 Å². The van der Waals surface area contributed by atoms with Crippen molar-refractivity contribution in [1.29, 1.82) is 0 Å². The molecule has 1 amide bonds. The van der Waals surface area contributed by atoms with Crippen LogP contribution in [-0.2, 0) is 4.79 Å². The predicted molar refractivity (Wildman–Crippen MR) is 70.7 cm³/mol. The molecule has 1 aliphatic carbocycles. The Kier molecular flexibility index (Phi) is 3.81. The highest BCUT2D eigenvalue weighted by Gasteiger charge is 2.26. The monoisotopic (exact) mass is 265 g/mol. The van der Waals surface area contributed by atoms with E-state index in [0.717, 1.165) is 23.8 Å². The Morgan fingerprint density at radius 1 is 1.50 bits per heavy atom. The highest BCUT2D eigenvalue weighted by Crippen LogP contribution is 2.26. The minimum Gasteiger partial charge on any atom is -0.478 e. The zero-order chi connectivity index (χ0) is 13.1. The Morgan fingerprint density at radius 2 is 2.22 bits per heavy atom. The smallest absolute Gasteiger partial charge is 0.328 e. The van der Waals surface area contributed by atoms with Crippen LogP contribution in [0.5, 0.6) is 0 Å². The van der Waals surface area contributed by atoms with Gasteiger partial charge >= 0.3 is 5.97 Å². The number of nitrogens with zero attached hydrogens (tertiary/aromatic N) is 1. The molecule has 0 atom stereocenters. The number of thiophene rings is 1. The fourth-order valence-corrected chi connectivity index (χ4v) is 2.62. The third kappa shape index (κ3) is 2.79. The van der Waals surface area contributed by atoms with Crippen LogP contribution < -0.4 is 0 Å². The highest BCUT2D eigenvalue weighted by atomic mass is 32.1. The molecular weight excluding hydrogens is 250 g/mol. The molecule has 1 N–H and O–H groups in total. The summed E-state index contributed by atoms with van der Waals surface area (Å²) < 4.78 is 0. The number of aliphatic carboxylic acids is 1. The van der Waals surface area contributed by atoms with Crippen LogP contribution >= 0.6 is 11.3 Å². The van der Waals surface area contributed by atoms with Crippen molar-refractivity contribution in [2.75, 3.05) is 7.05 Å². The van der Waals surface area contributed by atoms with Crippen molar-refractivity contribution in [3.05, 3.63) is 28.0 Å². The van der Waals surface area contributed by atoms with E-state index in [1.807, 2.05) is 7.05 Å². The molecule has 0 bridgehead atoms. The quantitative estimate of drug-likeness (QED) is 0.851. The minimum atomic E-state index is -0.983. The summed E-state index contributed by atoms with van der Waals surface area (Å²) in [5, 5.41) is 10.3. The molecule has 5 heteroatoms. The van der Waals surface area contributed by atoms with Crippen LogP contribution in [0.2, 0.25) is 0 Å². The average Bonchev–Trinajstić information content (AvgIpc) is 2.71. The first kappa shape index (κ1) is 12.8. The standard InChI is InChI=1S/C13H15NO3S/c1-14(10-3-2-4-10)13(17)9-7-11(18-8-9)5-6-12(15)16/h5-8,10H,2-4H2,1H3,(H,15,16)/b6-5+. The topological polar surface area (TPSA) is 57.6 Å². The lowest BCUT2D eigenvalue weighted by Crippen LogP contribution is -2.41. The second kappa shape index (κ2) is 5.35. The van der Waals surface area contributed by atoms with E-state index in [1.165, 1.54) is 23.8 Å². The Hall–Kier alpha value is -1.62. The van der Waals surface area contributed by atoms with Crippen molar-refractivity contribution in [1.82, 2.24) is 4.90 Å². The van der Waals surface area contributed by atoms with Crippen molar-refractivity contribution in [2.24, 2.45) is 0 Å². The van der Waals surface area contributed by atoms with Gasteiger partial charge in [0.15, 0.2) is 0 Å². The van der Waals surface area contributed by atoms with E-state index >= 15 is 0 Å². The number of carbonyl (C=O) groups excluding carboxylic acids is 1. The van der Waals surface area contributed by atoms with Crippen LogP contribution in [0.15, 0.2) is 17.5 Å². The van der Waals surface area contributed by atoms with Crippen molar-refractivity contribution in [3.63, 3.8) is 0 Å². The van der Waals surface area contributed by atoms with E-state index in [-0.39, 0.29) is 5.91 Å². The number of rotatable bonds is 4. The number of carbonyl (C=O) groups is 2. The predicted octanol–water partition coefficient (Wildman–Crippen LogP) is 2.47. The van der Waals surface area contributed by atoms with Gasteiger partial charge in [-0.2, -0.15) is 0 Å². The molecule has 0 unspecified atom stereocenters. The van der Waals surface area contributed by atoms with Crippen molar-refractivity contribution in [3.8, 4) is 0 Å². The average molecular weight is 265 g/mol. The lowest BCUT2D eigenvalue weighted by Gasteiger charge is -2.34. The van der Waals surface area contributed by atoms with Gasteiger partial charge in [-0.15, -0.1) is 11.3 Å². The van der Waals surface area contributed by atoms with Crippen LogP contribution in [0.1, 0.15) is 34.5 Å². The summed E-state index contributed by atoms with van der Waals surface area (Å²) in [6, 6.07) is 2.11. The first-order valence-corrected chi connectivity index (χ1v) is 6.72. The Balaban J connectivity index is 2.04. The molecule has 18 heavy (non-hydrogen) atoms. The van der Waals surface area contributed by atoms with Gasteiger partial charge in [0.1, 0.15) is 0 Å². The van der Waals surface area contributed by atoms with E-state index in [9.17, 15) is 9.59 Å². The summed E-state index contributed by atoms with van der Waals surface area (Å²) in [6.07, 6.45) is 5.94. The van der Waals surface area contributed by atoms with Gasteiger partial charge in [-0.25, -0.2) is 4.79 Å². The molecule has 1 aromatic heterocycles. The third-order valence-corrected chi connectivity index (χ3v) is 4.10. The molecule has 0 spiro atoms. The van der Waals surface area contributed by atoms with Crippen LogP contribution in [0, 0.1) is 0 Å². The largest absolute Gasteiger partial charge is 0.478 e. The molecule has 1 aromatic rings. The Labute approximate surface area is 110 Å². The Morgan fingerprint density at radius 3 is 2.78 bits per heavy atom. The van der Waals surface area contributed by atoms with E-state index in [0.29, 0.717) is 11.6 Å². The molecule has 96 valence electrons. The van der Waals surface area contributed by atoms with Crippen LogP contribution in [0.25, 0.3) is 6.08 Å². The molecule has 1 fully saturated rings. The maximum Gasteiger partial charge on any atom is 0.328 e. The number of hydrogen-bond donors (Lipinski definition) is 1. The summed E-state index contributed by atoms with van der Waals surface area (Å²) in [4.78, 5) is 25.1. The number of carboxylic acid groups (broad SMARTS) is 1. The zero-order valence-electron chi connectivity index (χ0n) is 10.1. The molecular formula is C13H15NO3S. The van der Waals surface area contributed by atoms with Gasteiger partial charge in [0, 0.05) is 29.4 Å². The highest BCUT2D eigenvalue weighted by molar-refractivity contribution is 7.11. The van der Waals surface area contributed by atoms with Gasteiger partial charge in [-0.05, 0) is 31.4 Å². The fourth-order valence-electron chi connectivity index (χ4n) is 1.85. The SMILES string of the molecule is CN(C(=O)c1csc(/C=C/C(=O)O)c1)C1CCC1. The van der Waals surface area contributed by atoms with Crippen molar-refractivity contribution >= 4 is 29.3 Å². The van der Waals surface area contributed by atoms with E-state index in [1.54, 1.807) is 16.3 Å².